The molecule has 3 atom stereocenters. The Kier molecular flexibility index (Phi) is 3.42. The molecule has 2 aliphatic heterocycles. The minimum Gasteiger partial charge on any atom is -0.377 e. The van der Waals surface area contributed by atoms with Gasteiger partial charge in [-0.25, -0.2) is 0 Å². The van der Waals surface area contributed by atoms with E-state index in [2.05, 4.69) is 24.1 Å². The third-order valence-electron chi connectivity index (χ3n) is 3.63. The van der Waals surface area contributed by atoms with Gasteiger partial charge in [0.05, 0.1) is 6.10 Å². The number of hydrogen-bond acceptors (Lipinski definition) is 3. The molecule has 2 saturated heterocycles. The molecule has 0 bridgehead atoms. The molecular weight excluding hydrogens is 176 g/mol. The monoisotopic (exact) mass is 198 g/mol. The highest BCUT2D eigenvalue weighted by atomic mass is 16.5. The Balaban J connectivity index is 1.99. The van der Waals surface area contributed by atoms with Gasteiger partial charge in [0.2, 0.25) is 0 Å². The lowest BCUT2D eigenvalue weighted by atomic mass is 10.0. The highest BCUT2D eigenvalue weighted by molar-refractivity contribution is 4.89. The van der Waals surface area contributed by atoms with Gasteiger partial charge in [-0.3, -0.25) is 4.90 Å². The molecule has 1 N–H and O–H groups in total. The van der Waals surface area contributed by atoms with Gasteiger partial charge >= 0.3 is 0 Å². The molecule has 14 heavy (non-hydrogen) atoms. The molecule has 0 aromatic rings. The molecule has 2 aliphatic rings. The van der Waals surface area contributed by atoms with Gasteiger partial charge in [0, 0.05) is 38.3 Å². The first kappa shape index (κ1) is 10.4. The molecule has 3 heteroatoms. The third kappa shape index (κ3) is 1.95. The first-order chi connectivity index (χ1) is 6.83. The van der Waals surface area contributed by atoms with Crippen LogP contribution in [0.3, 0.4) is 0 Å². The SMILES string of the molecule is CCC1CNCCN1C1CCOC1C. The zero-order valence-electron chi connectivity index (χ0n) is 9.33. The summed E-state index contributed by atoms with van der Waals surface area (Å²) in [5.74, 6) is 0. The molecule has 3 unspecified atom stereocenters. The van der Waals surface area contributed by atoms with E-state index in [0.29, 0.717) is 12.1 Å². The van der Waals surface area contributed by atoms with E-state index in [1.165, 1.54) is 19.4 Å². The Hall–Kier alpha value is -0.120. The van der Waals surface area contributed by atoms with Crippen molar-refractivity contribution in [2.24, 2.45) is 0 Å². The molecule has 2 heterocycles. The van der Waals surface area contributed by atoms with Crippen molar-refractivity contribution in [3.63, 3.8) is 0 Å². The van der Waals surface area contributed by atoms with E-state index in [1.54, 1.807) is 0 Å². The van der Waals surface area contributed by atoms with Gasteiger partial charge in [0.25, 0.3) is 0 Å². The number of rotatable bonds is 2. The van der Waals surface area contributed by atoms with Gasteiger partial charge < -0.3 is 10.1 Å². The predicted octanol–water partition coefficient (Wildman–Crippen LogP) is 0.848. The Morgan fingerprint density at radius 1 is 1.50 bits per heavy atom. The fourth-order valence-electron chi connectivity index (χ4n) is 2.75. The quantitative estimate of drug-likeness (QED) is 0.712. The van der Waals surface area contributed by atoms with Crippen LogP contribution in [-0.2, 0) is 4.74 Å². The normalized spacial score (nSPS) is 40.3. The fraction of sp³-hybridized carbons (Fsp3) is 1.00. The smallest absolute Gasteiger partial charge is 0.0703 e. The van der Waals surface area contributed by atoms with Crippen molar-refractivity contribution in [1.82, 2.24) is 10.2 Å². The molecule has 0 amide bonds. The molecule has 0 radical (unpaired) electrons. The summed E-state index contributed by atoms with van der Waals surface area (Å²) in [6.07, 6.45) is 2.90. The summed E-state index contributed by atoms with van der Waals surface area (Å²) < 4.78 is 5.65. The molecule has 2 rings (SSSR count). The fourth-order valence-corrected chi connectivity index (χ4v) is 2.75. The van der Waals surface area contributed by atoms with Crippen molar-refractivity contribution >= 4 is 0 Å². The summed E-state index contributed by atoms with van der Waals surface area (Å²) in [7, 11) is 0. The summed E-state index contributed by atoms with van der Waals surface area (Å²) in [5.41, 5.74) is 0. The van der Waals surface area contributed by atoms with Crippen LogP contribution >= 0.6 is 0 Å². The second-order valence-corrected chi connectivity index (χ2v) is 4.44. The average Bonchev–Trinajstić information content (AvgIpc) is 2.64. The lowest BCUT2D eigenvalue weighted by molar-refractivity contribution is 0.0417. The maximum absolute atomic E-state index is 5.65. The van der Waals surface area contributed by atoms with E-state index in [0.717, 1.165) is 25.7 Å². The standard InChI is InChI=1S/C11H22N2O/c1-3-10-8-12-5-6-13(10)11-4-7-14-9(11)2/h9-12H,3-8H2,1-2H3. The maximum Gasteiger partial charge on any atom is 0.0703 e. The van der Waals surface area contributed by atoms with E-state index in [9.17, 15) is 0 Å². The molecule has 0 aromatic carbocycles. The van der Waals surface area contributed by atoms with Crippen LogP contribution in [0.15, 0.2) is 0 Å². The Bertz CT molecular complexity index is 186. The van der Waals surface area contributed by atoms with Gasteiger partial charge in [0.15, 0.2) is 0 Å². The summed E-state index contributed by atoms with van der Waals surface area (Å²) in [4.78, 5) is 2.66. The summed E-state index contributed by atoms with van der Waals surface area (Å²) in [6, 6.07) is 1.39. The van der Waals surface area contributed by atoms with Crippen LogP contribution in [0.4, 0.5) is 0 Å². The molecule has 0 saturated carbocycles. The second kappa shape index (κ2) is 4.60. The first-order valence-corrected chi connectivity index (χ1v) is 5.91. The van der Waals surface area contributed by atoms with Crippen molar-refractivity contribution < 1.29 is 4.74 Å². The van der Waals surface area contributed by atoms with Crippen LogP contribution in [-0.4, -0.2) is 49.3 Å². The molecule has 2 fully saturated rings. The van der Waals surface area contributed by atoms with Gasteiger partial charge in [-0.1, -0.05) is 6.92 Å². The van der Waals surface area contributed by atoms with Gasteiger partial charge in [-0.05, 0) is 19.8 Å². The summed E-state index contributed by atoms with van der Waals surface area (Å²) in [5, 5.41) is 3.47. The first-order valence-electron chi connectivity index (χ1n) is 5.91. The lowest BCUT2D eigenvalue weighted by Crippen LogP contribution is -2.56. The number of nitrogens with one attached hydrogen (secondary N) is 1. The molecule has 3 nitrogen and oxygen atoms in total. The minimum atomic E-state index is 0.433. The Morgan fingerprint density at radius 3 is 3.00 bits per heavy atom. The largest absolute Gasteiger partial charge is 0.377 e. The van der Waals surface area contributed by atoms with Crippen molar-refractivity contribution in [2.75, 3.05) is 26.2 Å². The molecule has 0 spiro atoms. The molecule has 0 aliphatic carbocycles. The van der Waals surface area contributed by atoms with Crippen molar-refractivity contribution in [1.29, 1.82) is 0 Å². The number of hydrogen-bond donors (Lipinski definition) is 1. The third-order valence-corrected chi connectivity index (χ3v) is 3.63. The van der Waals surface area contributed by atoms with Crippen molar-refractivity contribution in [3.05, 3.63) is 0 Å². The molecular formula is C11H22N2O. The Morgan fingerprint density at radius 2 is 2.36 bits per heavy atom. The van der Waals surface area contributed by atoms with Gasteiger partial charge in [-0.2, -0.15) is 0 Å². The van der Waals surface area contributed by atoms with Crippen LogP contribution < -0.4 is 5.32 Å². The number of piperazine rings is 1. The Labute approximate surface area is 86.8 Å². The van der Waals surface area contributed by atoms with Crippen LogP contribution in [0.25, 0.3) is 0 Å². The average molecular weight is 198 g/mol. The molecule has 82 valence electrons. The van der Waals surface area contributed by atoms with Crippen LogP contribution in [0.1, 0.15) is 26.7 Å². The lowest BCUT2D eigenvalue weighted by Gasteiger charge is -2.40. The number of ether oxygens (including phenoxy) is 1. The highest BCUT2D eigenvalue weighted by Gasteiger charge is 2.34. The van der Waals surface area contributed by atoms with Gasteiger partial charge in [-0.15, -0.1) is 0 Å². The van der Waals surface area contributed by atoms with E-state index in [-0.39, 0.29) is 0 Å². The van der Waals surface area contributed by atoms with E-state index >= 15 is 0 Å². The topological polar surface area (TPSA) is 24.5 Å². The van der Waals surface area contributed by atoms with Gasteiger partial charge in [0.1, 0.15) is 0 Å². The minimum absolute atomic E-state index is 0.433. The van der Waals surface area contributed by atoms with Crippen molar-refractivity contribution in [3.8, 4) is 0 Å². The zero-order valence-corrected chi connectivity index (χ0v) is 9.33. The summed E-state index contributed by atoms with van der Waals surface area (Å²) in [6.45, 7) is 8.93. The van der Waals surface area contributed by atoms with Crippen molar-refractivity contribution in [2.45, 2.75) is 44.9 Å². The second-order valence-electron chi connectivity index (χ2n) is 4.44. The predicted molar refractivity (Wildman–Crippen MR) is 57.5 cm³/mol. The van der Waals surface area contributed by atoms with Crippen LogP contribution in [0.2, 0.25) is 0 Å². The van der Waals surface area contributed by atoms with Crippen LogP contribution in [0.5, 0.6) is 0 Å². The zero-order chi connectivity index (χ0) is 9.97. The summed E-state index contributed by atoms with van der Waals surface area (Å²) >= 11 is 0. The molecule has 0 aromatic heterocycles. The van der Waals surface area contributed by atoms with E-state index in [4.69, 9.17) is 4.74 Å². The highest BCUT2D eigenvalue weighted by Crippen LogP contribution is 2.23. The van der Waals surface area contributed by atoms with E-state index in [1.807, 2.05) is 0 Å². The van der Waals surface area contributed by atoms with Crippen LogP contribution in [0, 0.1) is 0 Å². The van der Waals surface area contributed by atoms with E-state index < -0.39 is 0 Å². The maximum atomic E-state index is 5.65. The number of nitrogens with zero attached hydrogens (tertiary/aromatic N) is 1.